The quantitative estimate of drug-likeness (QED) is 0.137. The molecule has 10 N–H and O–H groups in total. The standard InChI is InChI=1S/C19H26N7O4/c20-9-16(27)25-14(6-3-7-23-19(21)22)17(28)26-15(18(29)30)8-11-10-24-13-5-2-1-4-12(11)13/h1-2,4-5,10,15,24H,3,6-9,20H2,(H,25,27)(H,26,28)(H,29,30)(H4,21,22,23). The van der Waals surface area contributed by atoms with Crippen LogP contribution in [0, 0.1) is 6.04 Å². The van der Waals surface area contributed by atoms with Crippen molar-refractivity contribution in [2.45, 2.75) is 25.3 Å². The first-order valence-corrected chi connectivity index (χ1v) is 9.31. The van der Waals surface area contributed by atoms with E-state index in [1.165, 1.54) is 0 Å². The smallest absolute Gasteiger partial charge is 0.326 e. The zero-order valence-corrected chi connectivity index (χ0v) is 16.4. The number of carbonyl (C=O) groups is 3. The molecule has 0 saturated heterocycles. The number of hydrogen-bond acceptors (Lipinski definition) is 5. The van der Waals surface area contributed by atoms with Crippen molar-refractivity contribution in [1.29, 1.82) is 0 Å². The van der Waals surface area contributed by atoms with Crippen LogP contribution in [0.15, 0.2) is 35.5 Å². The van der Waals surface area contributed by atoms with Gasteiger partial charge < -0.3 is 37.9 Å². The van der Waals surface area contributed by atoms with Gasteiger partial charge >= 0.3 is 5.97 Å². The van der Waals surface area contributed by atoms with Crippen LogP contribution in [-0.4, -0.2) is 53.0 Å². The number of guanidine groups is 1. The normalized spacial score (nSPS) is 11.8. The van der Waals surface area contributed by atoms with Crippen LogP contribution >= 0.6 is 0 Å². The van der Waals surface area contributed by atoms with Gasteiger partial charge in [0.05, 0.1) is 6.54 Å². The molecule has 2 aromatic rings. The molecule has 0 spiro atoms. The lowest BCUT2D eigenvalue weighted by Crippen LogP contribution is -2.49. The molecule has 11 nitrogen and oxygen atoms in total. The van der Waals surface area contributed by atoms with Crippen molar-refractivity contribution in [2.24, 2.45) is 22.2 Å². The maximum absolute atomic E-state index is 12.7. The number of aromatic amines is 1. The molecule has 1 heterocycles. The average molecular weight is 416 g/mol. The summed E-state index contributed by atoms with van der Waals surface area (Å²) in [6.07, 6.45) is 2.28. The van der Waals surface area contributed by atoms with Crippen LogP contribution in [0.3, 0.4) is 0 Å². The summed E-state index contributed by atoms with van der Waals surface area (Å²) < 4.78 is 0. The summed E-state index contributed by atoms with van der Waals surface area (Å²) in [7, 11) is 0. The number of nitrogens with one attached hydrogen (secondary N) is 3. The molecule has 30 heavy (non-hydrogen) atoms. The zero-order valence-electron chi connectivity index (χ0n) is 16.4. The molecule has 0 aliphatic heterocycles. The molecule has 1 aromatic carbocycles. The number of nitrogens with zero attached hydrogens (tertiary/aromatic N) is 1. The fourth-order valence-electron chi connectivity index (χ4n) is 2.88. The number of amides is 2. The van der Waals surface area contributed by atoms with Gasteiger partial charge in [0.25, 0.3) is 0 Å². The van der Waals surface area contributed by atoms with E-state index in [2.05, 4.69) is 20.6 Å². The Morgan fingerprint density at radius 1 is 1.20 bits per heavy atom. The number of nitrogens with two attached hydrogens (primary N) is 3. The number of para-hydroxylation sites is 1. The molecule has 0 fully saturated rings. The molecular formula is C19H26N7O4. The number of fused-ring (bicyclic) bond motifs is 1. The summed E-state index contributed by atoms with van der Waals surface area (Å²) in [4.78, 5) is 43.0. The number of rotatable bonds is 11. The molecule has 11 heteroatoms. The highest BCUT2D eigenvalue weighted by atomic mass is 16.4. The summed E-state index contributed by atoms with van der Waals surface area (Å²) in [6, 6.07) is 6.25. The highest BCUT2D eigenvalue weighted by Crippen LogP contribution is 2.19. The first-order chi connectivity index (χ1) is 14.3. The minimum Gasteiger partial charge on any atom is -0.480 e. The average Bonchev–Trinajstić information content (AvgIpc) is 3.12. The van der Waals surface area contributed by atoms with Crippen LogP contribution < -0.4 is 27.8 Å². The Kier molecular flexibility index (Phi) is 8.18. The van der Waals surface area contributed by atoms with Crippen molar-refractivity contribution in [3.8, 4) is 0 Å². The van der Waals surface area contributed by atoms with Crippen LogP contribution in [0.4, 0.5) is 0 Å². The summed E-state index contributed by atoms with van der Waals surface area (Å²) >= 11 is 0. The topological polar surface area (TPSA) is 202 Å². The molecule has 2 rings (SSSR count). The third-order valence-corrected chi connectivity index (χ3v) is 4.33. The fraction of sp³-hybridized carbons (Fsp3) is 0.316. The van der Waals surface area contributed by atoms with Crippen molar-refractivity contribution in [3.63, 3.8) is 0 Å². The third-order valence-electron chi connectivity index (χ3n) is 4.33. The van der Waals surface area contributed by atoms with E-state index in [0.29, 0.717) is 6.42 Å². The van der Waals surface area contributed by atoms with E-state index in [4.69, 9.17) is 17.2 Å². The van der Waals surface area contributed by atoms with Gasteiger partial charge in [-0.25, -0.2) is 4.79 Å². The Balaban J connectivity index is 2.09. The second-order valence-electron chi connectivity index (χ2n) is 6.57. The second kappa shape index (κ2) is 10.8. The number of carboxylic acid groups (broad SMARTS) is 1. The van der Waals surface area contributed by atoms with Gasteiger partial charge in [-0.2, -0.15) is 0 Å². The highest BCUT2D eigenvalue weighted by molar-refractivity contribution is 5.96. The van der Waals surface area contributed by atoms with E-state index in [-0.39, 0.29) is 37.9 Å². The van der Waals surface area contributed by atoms with E-state index in [1.54, 1.807) is 6.20 Å². The maximum atomic E-state index is 12.7. The van der Waals surface area contributed by atoms with E-state index in [1.807, 2.05) is 24.3 Å². The van der Waals surface area contributed by atoms with Gasteiger partial charge in [0.1, 0.15) is 6.04 Å². The van der Waals surface area contributed by atoms with Gasteiger partial charge in [-0.05, 0) is 24.5 Å². The predicted octanol–water partition coefficient (Wildman–Crippen LogP) is -1.06. The molecule has 161 valence electrons. The lowest BCUT2D eigenvalue weighted by Gasteiger charge is -2.20. The monoisotopic (exact) mass is 416 g/mol. The SMILES string of the molecule is NCC(=O)N[C](CCCN=C(N)N)C(=O)NC(Cc1c[nH]c2ccccc12)C(=O)O. The Morgan fingerprint density at radius 3 is 2.60 bits per heavy atom. The van der Waals surface area contributed by atoms with Gasteiger partial charge in [0, 0.05) is 30.1 Å². The number of aliphatic imine (C=N–C) groups is 1. The number of carbonyl (C=O) groups excluding carboxylic acids is 2. The minimum absolute atomic E-state index is 0.00131. The highest BCUT2D eigenvalue weighted by Gasteiger charge is 2.27. The number of aliphatic carboxylic acids is 1. The van der Waals surface area contributed by atoms with Crippen molar-refractivity contribution in [3.05, 3.63) is 42.1 Å². The van der Waals surface area contributed by atoms with Crippen LogP contribution in [0.2, 0.25) is 0 Å². The van der Waals surface area contributed by atoms with Gasteiger partial charge in [-0.15, -0.1) is 0 Å². The Hall–Kier alpha value is -3.60. The molecule has 1 radical (unpaired) electrons. The Labute approximate surface area is 173 Å². The van der Waals surface area contributed by atoms with Crippen LogP contribution in [-0.2, 0) is 20.8 Å². The van der Waals surface area contributed by atoms with Gasteiger partial charge in [0.2, 0.25) is 11.8 Å². The van der Waals surface area contributed by atoms with Gasteiger partial charge in [0.15, 0.2) is 12.0 Å². The molecule has 0 bridgehead atoms. The van der Waals surface area contributed by atoms with Crippen LogP contribution in [0.5, 0.6) is 0 Å². The van der Waals surface area contributed by atoms with Gasteiger partial charge in [-0.3, -0.25) is 14.6 Å². The molecule has 0 aliphatic rings. The number of H-pyrrole nitrogens is 1. The Bertz CT molecular complexity index is 920. The van der Waals surface area contributed by atoms with E-state index < -0.39 is 23.8 Å². The first-order valence-electron chi connectivity index (χ1n) is 9.31. The number of benzene rings is 1. The largest absolute Gasteiger partial charge is 0.480 e. The van der Waals surface area contributed by atoms with Crippen LogP contribution in [0.1, 0.15) is 18.4 Å². The number of hydrogen-bond donors (Lipinski definition) is 7. The lowest BCUT2D eigenvalue weighted by molar-refractivity contribution is -0.141. The van der Waals surface area contributed by atoms with Crippen molar-refractivity contribution in [1.82, 2.24) is 15.6 Å². The van der Waals surface area contributed by atoms with Crippen molar-refractivity contribution < 1.29 is 19.5 Å². The van der Waals surface area contributed by atoms with Crippen molar-refractivity contribution in [2.75, 3.05) is 13.1 Å². The first kappa shape index (κ1) is 22.7. The van der Waals surface area contributed by atoms with E-state index in [9.17, 15) is 19.5 Å². The maximum Gasteiger partial charge on any atom is 0.326 e. The molecule has 1 aromatic heterocycles. The zero-order chi connectivity index (χ0) is 22.1. The third kappa shape index (κ3) is 6.48. The number of aromatic nitrogens is 1. The predicted molar refractivity (Wildman–Crippen MR) is 112 cm³/mol. The van der Waals surface area contributed by atoms with E-state index >= 15 is 0 Å². The lowest BCUT2D eigenvalue weighted by atomic mass is 10.0. The summed E-state index contributed by atoms with van der Waals surface area (Å²) in [5, 5.41) is 15.3. The second-order valence-corrected chi connectivity index (χ2v) is 6.57. The molecular weight excluding hydrogens is 390 g/mol. The fourth-order valence-corrected chi connectivity index (χ4v) is 2.88. The number of carboxylic acids is 1. The van der Waals surface area contributed by atoms with Crippen molar-refractivity contribution >= 4 is 34.6 Å². The summed E-state index contributed by atoms with van der Waals surface area (Å²) in [6.45, 7) is -0.0717. The minimum atomic E-state index is -1.20. The molecule has 1 atom stereocenters. The van der Waals surface area contributed by atoms with Gasteiger partial charge in [-0.1, -0.05) is 18.2 Å². The van der Waals surface area contributed by atoms with E-state index in [0.717, 1.165) is 16.5 Å². The molecule has 1 unspecified atom stereocenters. The molecule has 0 saturated carbocycles. The molecule has 0 aliphatic carbocycles. The summed E-state index contributed by atoms with van der Waals surface area (Å²) in [5.41, 5.74) is 17.4. The molecule has 2 amide bonds. The van der Waals surface area contributed by atoms with Crippen LogP contribution in [0.25, 0.3) is 10.9 Å². The summed E-state index contributed by atoms with van der Waals surface area (Å²) in [5.74, 6) is -2.55. The Morgan fingerprint density at radius 2 is 1.93 bits per heavy atom.